The minimum Gasteiger partial charge on any atom is -0.497 e. The fraction of sp³-hybridized carbons (Fsp3) is 0.375. The summed E-state index contributed by atoms with van der Waals surface area (Å²) in [6.07, 6.45) is 3.46. The van der Waals surface area contributed by atoms with Crippen molar-refractivity contribution in [1.29, 1.82) is 0 Å². The normalized spacial score (nSPS) is 17.9. The van der Waals surface area contributed by atoms with E-state index >= 15 is 0 Å². The van der Waals surface area contributed by atoms with Crippen molar-refractivity contribution in [3.8, 4) is 5.75 Å². The number of nitrogens with zero attached hydrogens (tertiary/aromatic N) is 1. The Morgan fingerprint density at radius 3 is 2.24 bits per heavy atom. The lowest BCUT2D eigenvalue weighted by Crippen LogP contribution is -2.25. The van der Waals surface area contributed by atoms with Crippen LogP contribution in [0.4, 0.5) is 0 Å². The van der Waals surface area contributed by atoms with Crippen LogP contribution in [0.25, 0.3) is 0 Å². The molecular formula is C24H27NO4. The summed E-state index contributed by atoms with van der Waals surface area (Å²) < 4.78 is 5.24. The smallest absolute Gasteiger partial charge is 0.245 e. The van der Waals surface area contributed by atoms with Crippen LogP contribution in [0.5, 0.6) is 5.75 Å². The number of hydrogen-bond acceptors (Lipinski definition) is 4. The first-order valence-corrected chi connectivity index (χ1v) is 9.84. The van der Waals surface area contributed by atoms with Gasteiger partial charge in [0, 0.05) is 16.9 Å². The summed E-state index contributed by atoms with van der Waals surface area (Å²) >= 11 is 0. The minimum absolute atomic E-state index is 0.0992. The Hall–Kier alpha value is -2.95. The summed E-state index contributed by atoms with van der Waals surface area (Å²) in [6, 6.07) is 15.6. The lowest BCUT2D eigenvalue weighted by atomic mass is 9.73. The molecule has 3 rings (SSSR count). The van der Waals surface area contributed by atoms with Gasteiger partial charge < -0.3 is 4.74 Å². The van der Waals surface area contributed by atoms with Gasteiger partial charge in [-0.1, -0.05) is 61.9 Å². The molecule has 29 heavy (non-hydrogen) atoms. The van der Waals surface area contributed by atoms with Gasteiger partial charge in [0.05, 0.1) is 13.0 Å². The number of ether oxygens (including phenoxy) is 1. The van der Waals surface area contributed by atoms with E-state index in [9.17, 15) is 14.9 Å². The SMILES string of the molecule is COc1ccc([C@@H](CC2=CC(=O)CC(C)(C)C2)[C@H](c2ccccc2)[N+](=O)[O-])cc1. The van der Waals surface area contributed by atoms with Crippen LogP contribution in [0.2, 0.25) is 0 Å². The van der Waals surface area contributed by atoms with Crippen LogP contribution in [0, 0.1) is 15.5 Å². The highest BCUT2D eigenvalue weighted by molar-refractivity contribution is 5.91. The molecule has 0 unspecified atom stereocenters. The molecule has 0 aliphatic heterocycles. The number of allylic oxidation sites excluding steroid dienone is 2. The molecule has 0 radical (unpaired) electrons. The fourth-order valence-electron chi connectivity index (χ4n) is 4.31. The first-order valence-electron chi connectivity index (χ1n) is 9.84. The molecule has 0 amide bonds. The third kappa shape index (κ3) is 5.11. The molecule has 0 aromatic heterocycles. The van der Waals surface area contributed by atoms with Gasteiger partial charge in [0.15, 0.2) is 5.78 Å². The van der Waals surface area contributed by atoms with E-state index in [1.807, 2.05) is 42.5 Å². The van der Waals surface area contributed by atoms with Crippen molar-refractivity contribution in [1.82, 2.24) is 0 Å². The van der Waals surface area contributed by atoms with Gasteiger partial charge in [0.25, 0.3) is 0 Å². The van der Waals surface area contributed by atoms with E-state index in [1.54, 1.807) is 25.3 Å². The van der Waals surface area contributed by atoms with Crippen molar-refractivity contribution in [3.05, 3.63) is 87.5 Å². The van der Waals surface area contributed by atoms with Crippen molar-refractivity contribution < 1.29 is 14.5 Å². The zero-order valence-corrected chi connectivity index (χ0v) is 17.1. The number of rotatable bonds is 7. The van der Waals surface area contributed by atoms with Gasteiger partial charge >= 0.3 is 0 Å². The van der Waals surface area contributed by atoms with Crippen LogP contribution in [-0.2, 0) is 4.79 Å². The first kappa shape index (κ1) is 20.8. The standard InChI is InChI=1S/C24H27NO4/c1-24(2)15-17(13-20(26)16-24)14-22(18-9-11-21(29-3)12-10-18)23(25(27)28)19-7-5-4-6-8-19/h4-13,22-23H,14-16H2,1-3H3/t22-,23+/m1/s1. The third-order valence-corrected chi connectivity index (χ3v) is 5.50. The van der Waals surface area contributed by atoms with E-state index in [-0.39, 0.29) is 22.0 Å². The molecule has 1 aliphatic rings. The molecule has 0 bridgehead atoms. The number of ketones is 1. The lowest BCUT2D eigenvalue weighted by molar-refractivity contribution is -0.533. The summed E-state index contributed by atoms with van der Waals surface area (Å²) in [5.41, 5.74) is 2.39. The number of nitro groups is 1. The molecule has 0 saturated heterocycles. The van der Waals surface area contributed by atoms with Crippen molar-refractivity contribution in [2.24, 2.45) is 5.41 Å². The Kier molecular flexibility index (Phi) is 6.16. The zero-order chi connectivity index (χ0) is 21.0. The number of carbonyl (C=O) groups excluding carboxylic acids is 1. The maximum absolute atomic E-state index is 12.2. The van der Waals surface area contributed by atoms with E-state index in [2.05, 4.69) is 13.8 Å². The Balaban J connectivity index is 2.03. The molecule has 0 fully saturated rings. The van der Waals surface area contributed by atoms with E-state index in [1.165, 1.54) is 0 Å². The quantitative estimate of drug-likeness (QED) is 0.460. The van der Waals surface area contributed by atoms with Gasteiger partial charge in [0.2, 0.25) is 6.04 Å². The molecule has 0 saturated carbocycles. The molecule has 0 heterocycles. The van der Waals surface area contributed by atoms with Crippen molar-refractivity contribution >= 4 is 5.78 Å². The molecule has 0 spiro atoms. The van der Waals surface area contributed by atoms with E-state index < -0.39 is 6.04 Å². The second-order valence-corrected chi connectivity index (χ2v) is 8.51. The van der Waals surface area contributed by atoms with Crippen LogP contribution in [0.15, 0.2) is 66.2 Å². The molecule has 5 heteroatoms. The summed E-state index contributed by atoms with van der Waals surface area (Å²) in [5.74, 6) is 0.423. The highest BCUT2D eigenvalue weighted by Gasteiger charge is 2.37. The summed E-state index contributed by atoms with van der Waals surface area (Å²) in [4.78, 5) is 24.2. The molecule has 2 aromatic rings. The number of carbonyl (C=O) groups is 1. The van der Waals surface area contributed by atoms with Crippen LogP contribution >= 0.6 is 0 Å². The van der Waals surface area contributed by atoms with Gasteiger partial charge in [-0.05, 0) is 42.0 Å². The van der Waals surface area contributed by atoms with E-state index in [0.717, 1.165) is 17.6 Å². The number of methoxy groups -OCH3 is 1. The van der Waals surface area contributed by atoms with Gasteiger partial charge in [-0.3, -0.25) is 14.9 Å². The van der Waals surface area contributed by atoms with Crippen molar-refractivity contribution in [2.45, 2.75) is 45.1 Å². The highest BCUT2D eigenvalue weighted by Crippen LogP contribution is 2.43. The van der Waals surface area contributed by atoms with Crippen molar-refractivity contribution in [2.75, 3.05) is 7.11 Å². The molecule has 0 N–H and O–H groups in total. The maximum Gasteiger partial charge on any atom is 0.245 e. The maximum atomic E-state index is 12.2. The summed E-state index contributed by atoms with van der Waals surface area (Å²) in [6.45, 7) is 4.14. The molecule has 1 aliphatic carbocycles. The monoisotopic (exact) mass is 393 g/mol. The predicted octanol–water partition coefficient (Wildman–Crippen LogP) is 5.50. The second-order valence-electron chi connectivity index (χ2n) is 8.51. The van der Waals surface area contributed by atoms with Gasteiger partial charge in [-0.25, -0.2) is 0 Å². The van der Waals surface area contributed by atoms with Gasteiger partial charge in [-0.15, -0.1) is 0 Å². The minimum atomic E-state index is -0.898. The Bertz CT molecular complexity index is 900. The summed E-state index contributed by atoms with van der Waals surface area (Å²) in [7, 11) is 1.59. The lowest BCUT2D eigenvalue weighted by Gasteiger charge is -2.31. The van der Waals surface area contributed by atoms with E-state index in [4.69, 9.17) is 4.74 Å². The van der Waals surface area contributed by atoms with Gasteiger partial charge in [-0.2, -0.15) is 0 Å². The molecule has 5 nitrogen and oxygen atoms in total. The molecule has 2 aromatic carbocycles. The Morgan fingerprint density at radius 2 is 1.69 bits per heavy atom. The average Bonchev–Trinajstić information content (AvgIpc) is 2.66. The second kappa shape index (κ2) is 8.60. The van der Waals surface area contributed by atoms with Crippen LogP contribution < -0.4 is 4.74 Å². The Labute approximate surface area is 171 Å². The van der Waals surface area contributed by atoms with Crippen LogP contribution in [0.1, 0.15) is 56.2 Å². The zero-order valence-electron chi connectivity index (χ0n) is 17.1. The number of hydrogen-bond donors (Lipinski definition) is 0. The highest BCUT2D eigenvalue weighted by atomic mass is 16.6. The largest absolute Gasteiger partial charge is 0.497 e. The third-order valence-electron chi connectivity index (χ3n) is 5.50. The predicted molar refractivity (Wildman–Crippen MR) is 113 cm³/mol. The van der Waals surface area contributed by atoms with Crippen LogP contribution in [0.3, 0.4) is 0 Å². The topological polar surface area (TPSA) is 69.4 Å². The van der Waals surface area contributed by atoms with Gasteiger partial charge in [0.1, 0.15) is 5.75 Å². The van der Waals surface area contributed by atoms with Crippen molar-refractivity contribution in [3.63, 3.8) is 0 Å². The molecular weight excluding hydrogens is 366 g/mol. The molecule has 152 valence electrons. The van der Waals surface area contributed by atoms with E-state index in [0.29, 0.717) is 24.2 Å². The first-order chi connectivity index (χ1) is 13.8. The number of benzene rings is 2. The van der Waals surface area contributed by atoms with Crippen LogP contribution in [-0.4, -0.2) is 17.8 Å². The fourth-order valence-corrected chi connectivity index (χ4v) is 4.31. The summed E-state index contributed by atoms with van der Waals surface area (Å²) in [5, 5.41) is 12.2. The average molecular weight is 393 g/mol. The molecule has 2 atom stereocenters. The Morgan fingerprint density at radius 1 is 1.03 bits per heavy atom.